The number of rotatable bonds is 3. The summed E-state index contributed by atoms with van der Waals surface area (Å²) in [5, 5.41) is 3.40. The monoisotopic (exact) mass is 282 g/mol. The van der Waals surface area contributed by atoms with Crippen LogP contribution in [0.15, 0.2) is 12.3 Å². The molecule has 104 valence electrons. The number of halogens is 1. The Hall–Kier alpha value is -1.13. The van der Waals surface area contributed by atoms with Crippen LogP contribution in [0.4, 0.5) is 0 Å². The van der Waals surface area contributed by atoms with Crippen LogP contribution in [-0.2, 0) is 4.74 Å². The third-order valence-electron chi connectivity index (χ3n) is 3.61. The Morgan fingerprint density at radius 2 is 2.21 bits per heavy atom. The van der Waals surface area contributed by atoms with Gasteiger partial charge in [0, 0.05) is 31.6 Å². The molecule has 2 heterocycles. The second-order valence-corrected chi connectivity index (χ2v) is 5.82. The molecule has 0 spiro atoms. The average Bonchev–Trinajstić information content (AvgIpc) is 2.37. The van der Waals surface area contributed by atoms with E-state index in [9.17, 15) is 4.79 Å². The fraction of sp³-hybridized carbons (Fsp3) is 0.571. The maximum absolute atomic E-state index is 12.1. The van der Waals surface area contributed by atoms with Gasteiger partial charge in [-0.05, 0) is 31.2 Å². The first-order chi connectivity index (χ1) is 9.00. The standard InChI is InChI=1S/C14H19ClN2O2/c1-10-7-12(15)11(8-16-10)13(18)17-9-14(2)3-5-19-6-4-14/h7-8H,3-6,9H2,1-2H3,(H,17,18). The van der Waals surface area contributed by atoms with Gasteiger partial charge in [0.15, 0.2) is 0 Å². The zero-order chi connectivity index (χ0) is 13.9. The van der Waals surface area contributed by atoms with Crippen molar-refractivity contribution in [3.63, 3.8) is 0 Å². The molecule has 2 rings (SSSR count). The lowest BCUT2D eigenvalue weighted by atomic mass is 9.82. The van der Waals surface area contributed by atoms with Crippen LogP contribution >= 0.6 is 11.6 Å². The van der Waals surface area contributed by atoms with Gasteiger partial charge >= 0.3 is 0 Å². The number of nitrogens with one attached hydrogen (secondary N) is 1. The molecule has 1 aromatic rings. The fourth-order valence-corrected chi connectivity index (χ4v) is 2.42. The molecule has 1 aromatic heterocycles. The van der Waals surface area contributed by atoms with Crippen molar-refractivity contribution in [3.05, 3.63) is 28.5 Å². The van der Waals surface area contributed by atoms with E-state index in [1.54, 1.807) is 6.07 Å². The molecule has 5 heteroatoms. The third-order valence-corrected chi connectivity index (χ3v) is 3.92. The minimum absolute atomic E-state index is 0.110. The maximum atomic E-state index is 12.1. The highest BCUT2D eigenvalue weighted by Crippen LogP contribution is 2.28. The van der Waals surface area contributed by atoms with Gasteiger partial charge in [-0.3, -0.25) is 9.78 Å². The molecular weight excluding hydrogens is 264 g/mol. The topological polar surface area (TPSA) is 51.2 Å². The summed E-state index contributed by atoms with van der Waals surface area (Å²) in [6, 6.07) is 1.70. The van der Waals surface area contributed by atoms with Gasteiger partial charge in [-0.25, -0.2) is 0 Å². The van der Waals surface area contributed by atoms with Gasteiger partial charge in [0.2, 0.25) is 0 Å². The van der Waals surface area contributed by atoms with Crippen LogP contribution in [0.1, 0.15) is 35.8 Å². The molecule has 1 amide bonds. The van der Waals surface area contributed by atoms with Crippen LogP contribution < -0.4 is 5.32 Å². The summed E-state index contributed by atoms with van der Waals surface area (Å²) in [6.07, 6.45) is 3.46. The number of carbonyl (C=O) groups excluding carboxylic acids is 1. The first-order valence-corrected chi connectivity index (χ1v) is 6.86. The minimum atomic E-state index is -0.162. The summed E-state index contributed by atoms with van der Waals surface area (Å²) in [6.45, 7) is 6.18. The Bertz CT molecular complexity index is 471. The molecule has 0 radical (unpaired) electrons. The highest BCUT2D eigenvalue weighted by Gasteiger charge is 2.28. The molecule has 4 nitrogen and oxygen atoms in total. The maximum Gasteiger partial charge on any atom is 0.254 e. The van der Waals surface area contributed by atoms with E-state index in [4.69, 9.17) is 16.3 Å². The Labute approximate surface area is 118 Å². The van der Waals surface area contributed by atoms with Crippen molar-refractivity contribution in [1.29, 1.82) is 0 Å². The molecule has 0 unspecified atom stereocenters. The lowest BCUT2D eigenvalue weighted by Gasteiger charge is -2.33. The Morgan fingerprint density at radius 1 is 1.53 bits per heavy atom. The summed E-state index contributed by atoms with van der Waals surface area (Å²) in [4.78, 5) is 16.2. The van der Waals surface area contributed by atoms with Crippen molar-refractivity contribution in [3.8, 4) is 0 Å². The van der Waals surface area contributed by atoms with Crippen molar-refractivity contribution in [2.75, 3.05) is 19.8 Å². The number of hydrogen-bond donors (Lipinski definition) is 1. The molecule has 1 N–H and O–H groups in total. The summed E-state index contributed by atoms with van der Waals surface area (Å²) in [7, 11) is 0. The lowest BCUT2D eigenvalue weighted by molar-refractivity contribution is 0.0238. The van der Waals surface area contributed by atoms with Crippen LogP contribution in [0.3, 0.4) is 0 Å². The van der Waals surface area contributed by atoms with Gasteiger partial charge in [0.25, 0.3) is 5.91 Å². The number of ether oxygens (including phenoxy) is 1. The molecule has 19 heavy (non-hydrogen) atoms. The van der Waals surface area contributed by atoms with Crippen molar-refractivity contribution >= 4 is 17.5 Å². The van der Waals surface area contributed by atoms with Crippen LogP contribution in [0.2, 0.25) is 5.02 Å². The number of amides is 1. The number of aryl methyl sites for hydroxylation is 1. The van der Waals surface area contributed by atoms with Crippen molar-refractivity contribution < 1.29 is 9.53 Å². The molecule has 1 aliphatic rings. The molecule has 0 aliphatic carbocycles. The molecule has 1 aliphatic heterocycles. The van der Waals surface area contributed by atoms with E-state index in [-0.39, 0.29) is 11.3 Å². The third kappa shape index (κ3) is 3.67. The molecular formula is C14H19ClN2O2. The van der Waals surface area contributed by atoms with E-state index in [1.807, 2.05) is 6.92 Å². The zero-order valence-electron chi connectivity index (χ0n) is 11.3. The van der Waals surface area contributed by atoms with E-state index < -0.39 is 0 Å². The van der Waals surface area contributed by atoms with Crippen LogP contribution in [-0.4, -0.2) is 30.6 Å². The summed E-state index contributed by atoms with van der Waals surface area (Å²) in [5.74, 6) is -0.162. The summed E-state index contributed by atoms with van der Waals surface area (Å²) < 4.78 is 5.34. The van der Waals surface area contributed by atoms with Crippen LogP contribution in [0, 0.1) is 12.3 Å². The van der Waals surface area contributed by atoms with Crippen LogP contribution in [0.25, 0.3) is 0 Å². The van der Waals surface area contributed by atoms with Gasteiger partial charge in [-0.1, -0.05) is 18.5 Å². The number of hydrogen-bond acceptors (Lipinski definition) is 3. The number of aromatic nitrogens is 1. The molecule has 0 atom stereocenters. The van der Waals surface area contributed by atoms with Gasteiger partial charge in [0.1, 0.15) is 0 Å². The first-order valence-electron chi connectivity index (χ1n) is 6.48. The highest BCUT2D eigenvalue weighted by molar-refractivity contribution is 6.33. The lowest BCUT2D eigenvalue weighted by Crippen LogP contribution is -2.39. The quantitative estimate of drug-likeness (QED) is 0.927. The summed E-state index contributed by atoms with van der Waals surface area (Å²) in [5.41, 5.74) is 1.35. The van der Waals surface area contributed by atoms with E-state index in [1.165, 1.54) is 6.20 Å². The van der Waals surface area contributed by atoms with E-state index >= 15 is 0 Å². The van der Waals surface area contributed by atoms with Gasteiger partial charge in [-0.2, -0.15) is 0 Å². The van der Waals surface area contributed by atoms with Crippen molar-refractivity contribution in [2.24, 2.45) is 5.41 Å². The normalized spacial score (nSPS) is 18.1. The molecule has 0 saturated carbocycles. The fourth-order valence-electron chi connectivity index (χ4n) is 2.12. The Morgan fingerprint density at radius 3 is 2.84 bits per heavy atom. The predicted octanol–water partition coefficient (Wildman–Crippen LogP) is 2.59. The van der Waals surface area contributed by atoms with Gasteiger partial charge in [-0.15, -0.1) is 0 Å². The van der Waals surface area contributed by atoms with Crippen molar-refractivity contribution in [1.82, 2.24) is 10.3 Å². The zero-order valence-corrected chi connectivity index (χ0v) is 12.1. The summed E-state index contributed by atoms with van der Waals surface area (Å²) >= 11 is 6.06. The van der Waals surface area contributed by atoms with E-state index in [0.29, 0.717) is 17.1 Å². The second-order valence-electron chi connectivity index (χ2n) is 5.41. The first kappa shape index (κ1) is 14.3. The van der Waals surface area contributed by atoms with Gasteiger partial charge in [0.05, 0.1) is 10.6 Å². The molecule has 1 fully saturated rings. The highest BCUT2D eigenvalue weighted by atomic mass is 35.5. The number of carbonyl (C=O) groups is 1. The molecule has 1 saturated heterocycles. The van der Waals surface area contributed by atoms with Crippen LogP contribution in [0.5, 0.6) is 0 Å². The minimum Gasteiger partial charge on any atom is -0.381 e. The van der Waals surface area contributed by atoms with Gasteiger partial charge < -0.3 is 10.1 Å². The van der Waals surface area contributed by atoms with E-state index in [2.05, 4.69) is 17.2 Å². The van der Waals surface area contributed by atoms with Crippen molar-refractivity contribution in [2.45, 2.75) is 26.7 Å². The SMILES string of the molecule is Cc1cc(Cl)c(C(=O)NCC2(C)CCOCC2)cn1. The smallest absolute Gasteiger partial charge is 0.254 e. The second kappa shape index (κ2) is 5.88. The number of nitrogens with zero attached hydrogens (tertiary/aromatic N) is 1. The Balaban J connectivity index is 1.97. The Kier molecular flexibility index (Phi) is 4.42. The van der Waals surface area contributed by atoms with E-state index in [0.717, 1.165) is 31.7 Å². The molecule has 0 aromatic carbocycles. The molecule has 0 bridgehead atoms. The number of pyridine rings is 1. The predicted molar refractivity (Wildman–Crippen MR) is 74.5 cm³/mol. The average molecular weight is 283 g/mol. The largest absolute Gasteiger partial charge is 0.381 e.